The maximum absolute atomic E-state index is 9.59. The Morgan fingerprint density at radius 3 is 2.71 bits per heavy atom. The molecule has 4 N–H and O–H groups in total. The number of hydrogen-bond donors (Lipinski definition) is 3. The molecule has 1 aromatic carbocycles. The van der Waals surface area contributed by atoms with Crippen LogP contribution in [0.3, 0.4) is 0 Å². The standard InChI is InChI=1S/C12H17BrN2O2/c13-10-7-9(14)1-2-11(10)15-12(8-16)3-5-17-6-4-12/h1-2,7,15-16H,3-6,8,14H2. The predicted octanol–water partition coefficient (Wildman–Crippen LogP) is 1.98. The summed E-state index contributed by atoms with van der Waals surface area (Å²) in [5.41, 5.74) is 7.09. The first-order valence-corrected chi connectivity index (χ1v) is 6.46. The van der Waals surface area contributed by atoms with E-state index in [4.69, 9.17) is 10.5 Å². The van der Waals surface area contributed by atoms with Crippen molar-refractivity contribution in [3.05, 3.63) is 22.7 Å². The molecule has 0 radical (unpaired) electrons. The van der Waals surface area contributed by atoms with Gasteiger partial charge in [-0.05, 0) is 47.0 Å². The number of aliphatic hydroxyl groups excluding tert-OH is 1. The average Bonchev–Trinajstić information content (AvgIpc) is 2.34. The Hall–Kier alpha value is -0.780. The molecule has 0 spiro atoms. The van der Waals surface area contributed by atoms with Gasteiger partial charge in [0.15, 0.2) is 0 Å². The Morgan fingerprint density at radius 2 is 2.12 bits per heavy atom. The van der Waals surface area contributed by atoms with Gasteiger partial charge in [0.25, 0.3) is 0 Å². The van der Waals surface area contributed by atoms with Crippen molar-refractivity contribution in [2.45, 2.75) is 18.4 Å². The highest BCUT2D eigenvalue weighted by Gasteiger charge is 2.32. The van der Waals surface area contributed by atoms with E-state index in [0.717, 1.165) is 23.0 Å². The van der Waals surface area contributed by atoms with Crippen LogP contribution in [0.2, 0.25) is 0 Å². The van der Waals surface area contributed by atoms with E-state index in [1.54, 1.807) is 0 Å². The number of rotatable bonds is 3. The van der Waals surface area contributed by atoms with E-state index in [0.29, 0.717) is 18.9 Å². The summed E-state index contributed by atoms with van der Waals surface area (Å²) in [5, 5.41) is 13.0. The molecule has 0 amide bonds. The lowest BCUT2D eigenvalue weighted by Gasteiger charge is -2.37. The minimum Gasteiger partial charge on any atom is -0.399 e. The van der Waals surface area contributed by atoms with Crippen LogP contribution >= 0.6 is 15.9 Å². The summed E-state index contributed by atoms with van der Waals surface area (Å²) in [5.74, 6) is 0. The van der Waals surface area contributed by atoms with Gasteiger partial charge in [-0.25, -0.2) is 0 Å². The first kappa shape index (κ1) is 12.7. The van der Waals surface area contributed by atoms with Crippen LogP contribution in [0.1, 0.15) is 12.8 Å². The highest BCUT2D eigenvalue weighted by molar-refractivity contribution is 9.10. The molecular formula is C12H17BrN2O2. The SMILES string of the molecule is Nc1ccc(NC2(CO)CCOCC2)c(Br)c1. The summed E-state index contributed by atoms with van der Waals surface area (Å²) in [6, 6.07) is 5.62. The summed E-state index contributed by atoms with van der Waals surface area (Å²) < 4.78 is 6.24. The lowest BCUT2D eigenvalue weighted by atomic mass is 9.90. The van der Waals surface area contributed by atoms with E-state index in [-0.39, 0.29) is 12.1 Å². The van der Waals surface area contributed by atoms with Gasteiger partial charge in [0.1, 0.15) is 0 Å². The number of ether oxygens (including phenoxy) is 1. The number of aliphatic hydroxyl groups is 1. The van der Waals surface area contributed by atoms with Gasteiger partial charge in [-0.15, -0.1) is 0 Å². The van der Waals surface area contributed by atoms with Gasteiger partial charge in [0, 0.05) is 29.1 Å². The number of anilines is 2. The van der Waals surface area contributed by atoms with Gasteiger partial charge in [-0.3, -0.25) is 0 Å². The zero-order chi connectivity index (χ0) is 12.3. The molecule has 1 heterocycles. The van der Waals surface area contributed by atoms with Gasteiger partial charge >= 0.3 is 0 Å². The largest absolute Gasteiger partial charge is 0.399 e. The van der Waals surface area contributed by atoms with Gasteiger partial charge in [0.05, 0.1) is 12.1 Å². The van der Waals surface area contributed by atoms with Crippen molar-refractivity contribution in [3.8, 4) is 0 Å². The lowest BCUT2D eigenvalue weighted by Crippen LogP contribution is -2.47. The Kier molecular flexibility index (Phi) is 3.91. The van der Waals surface area contributed by atoms with Crippen molar-refractivity contribution in [3.63, 3.8) is 0 Å². The maximum Gasteiger partial charge on any atom is 0.0663 e. The minimum atomic E-state index is -0.281. The first-order chi connectivity index (χ1) is 8.15. The van der Waals surface area contributed by atoms with Crippen LogP contribution in [0.15, 0.2) is 22.7 Å². The zero-order valence-corrected chi connectivity index (χ0v) is 11.2. The van der Waals surface area contributed by atoms with Gasteiger partial charge < -0.3 is 20.9 Å². The van der Waals surface area contributed by atoms with Crippen molar-refractivity contribution in [2.75, 3.05) is 30.9 Å². The van der Waals surface area contributed by atoms with Crippen molar-refractivity contribution < 1.29 is 9.84 Å². The summed E-state index contributed by atoms with van der Waals surface area (Å²) in [4.78, 5) is 0. The van der Waals surface area contributed by atoms with Crippen LogP contribution in [-0.2, 0) is 4.74 Å². The quantitative estimate of drug-likeness (QED) is 0.747. The second-order valence-corrected chi connectivity index (χ2v) is 5.27. The van der Waals surface area contributed by atoms with E-state index in [2.05, 4.69) is 21.2 Å². The fourth-order valence-electron chi connectivity index (χ4n) is 2.00. The smallest absolute Gasteiger partial charge is 0.0663 e. The third kappa shape index (κ3) is 2.91. The molecule has 1 fully saturated rings. The Morgan fingerprint density at radius 1 is 1.41 bits per heavy atom. The van der Waals surface area contributed by atoms with Crippen molar-refractivity contribution in [1.29, 1.82) is 0 Å². The van der Waals surface area contributed by atoms with Gasteiger partial charge in [0.2, 0.25) is 0 Å². The average molecular weight is 301 g/mol. The molecular weight excluding hydrogens is 284 g/mol. The molecule has 94 valence electrons. The van der Waals surface area contributed by atoms with E-state index < -0.39 is 0 Å². The fraction of sp³-hybridized carbons (Fsp3) is 0.500. The zero-order valence-electron chi connectivity index (χ0n) is 9.58. The number of hydrogen-bond acceptors (Lipinski definition) is 4. The molecule has 0 atom stereocenters. The summed E-state index contributed by atoms with van der Waals surface area (Å²) in [6.45, 7) is 1.47. The summed E-state index contributed by atoms with van der Waals surface area (Å²) in [7, 11) is 0. The number of halogens is 1. The van der Waals surface area contributed by atoms with Crippen molar-refractivity contribution >= 4 is 27.3 Å². The molecule has 0 aromatic heterocycles. The lowest BCUT2D eigenvalue weighted by molar-refractivity contribution is 0.0380. The Balaban J connectivity index is 2.17. The fourth-order valence-corrected chi connectivity index (χ4v) is 2.50. The van der Waals surface area contributed by atoms with Gasteiger partial charge in [-0.1, -0.05) is 0 Å². The molecule has 1 saturated heterocycles. The molecule has 0 aliphatic carbocycles. The van der Waals surface area contributed by atoms with Crippen LogP contribution in [0.4, 0.5) is 11.4 Å². The number of nitrogens with two attached hydrogens (primary N) is 1. The molecule has 0 bridgehead atoms. The topological polar surface area (TPSA) is 67.5 Å². The van der Waals surface area contributed by atoms with Crippen LogP contribution < -0.4 is 11.1 Å². The molecule has 5 heteroatoms. The monoisotopic (exact) mass is 300 g/mol. The highest BCUT2D eigenvalue weighted by Crippen LogP contribution is 2.31. The van der Waals surface area contributed by atoms with Crippen LogP contribution in [0.5, 0.6) is 0 Å². The second-order valence-electron chi connectivity index (χ2n) is 4.42. The van der Waals surface area contributed by atoms with E-state index in [1.807, 2.05) is 18.2 Å². The third-order valence-electron chi connectivity index (χ3n) is 3.15. The molecule has 17 heavy (non-hydrogen) atoms. The van der Waals surface area contributed by atoms with Crippen molar-refractivity contribution in [2.24, 2.45) is 0 Å². The molecule has 0 saturated carbocycles. The maximum atomic E-state index is 9.59. The number of benzene rings is 1. The van der Waals surface area contributed by atoms with Gasteiger partial charge in [-0.2, -0.15) is 0 Å². The molecule has 1 aliphatic heterocycles. The highest BCUT2D eigenvalue weighted by atomic mass is 79.9. The number of nitrogens with one attached hydrogen (secondary N) is 1. The molecule has 1 aromatic rings. The number of nitrogen functional groups attached to an aromatic ring is 1. The third-order valence-corrected chi connectivity index (χ3v) is 3.80. The Labute approximate surface area is 109 Å². The molecule has 1 aliphatic rings. The molecule has 4 nitrogen and oxygen atoms in total. The summed E-state index contributed by atoms with van der Waals surface area (Å²) in [6.07, 6.45) is 1.61. The van der Waals surface area contributed by atoms with Crippen LogP contribution in [0, 0.1) is 0 Å². The molecule has 0 unspecified atom stereocenters. The first-order valence-electron chi connectivity index (χ1n) is 5.67. The molecule has 2 rings (SSSR count). The normalized spacial score (nSPS) is 18.9. The van der Waals surface area contributed by atoms with Crippen LogP contribution in [-0.4, -0.2) is 30.5 Å². The minimum absolute atomic E-state index is 0.104. The predicted molar refractivity (Wildman–Crippen MR) is 72.0 cm³/mol. The second kappa shape index (κ2) is 5.25. The summed E-state index contributed by atoms with van der Waals surface area (Å²) >= 11 is 3.47. The van der Waals surface area contributed by atoms with Crippen LogP contribution in [0.25, 0.3) is 0 Å². The van der Waals surface area contributed by atoms with E-state index in [9.17, 15) is 5.11 Å². The van der Waals surface area contributed by atoms with E-state index in [1.165, 1.54) is 0 Å². The van der Waals surface area contributed by atoms with Crippen molar-refractivity contribution in [1.82, 2.24) is 0 Å². The van der Waals surface area contributed by atoms with E-state index >= 15 is 0 Å². The Bertz CT molecular complexity index is 392.